The Bertz CT molecular complexity index is 437. The predicted octanol–water partition coefficient (Wildman–Crippen LogP) is 2.58. The highest BCUT2D eigenvalue weighted by Crippen LogP contribution is 2.23. The first-order valence-electron chi connectivity index (χ1n) is 4.30. The zero-order valence-corrected chi connectivity index (χ0v) is 8.97. The quantitative estimate of drug-likeness (QED) is 0.791. The number of fused-ring (bicyclic) bond motifs is 1. The molecule has 4 heteroatoms. The third-order valence-electron chi connectivity index (χ3n) is 2.08. The summed E-state index contributed by atoms with van der Waals surface area (Å²) < 4.78 is 5.14. The van der Waals surface area contributed by atoms with Crippen molar-refractivity contribution in [2.75, 3.05) is 0 Å². The summed E-state index contributed by atoms with van der Waals surface area (Å²) in [6.45, 7) is 3.94. The summed E-state index contributed by atoms with van der Waals surface area (Å²) >= 11 is 0. The largest absolute Gasteiger partial charge is 0.356 e. The van der Waals surface area contributed by atoms with Crippen LogP contribution in [0, 0.1) is 6.92 Å². The summed E-state index contributed by atoms with van der Waals surface area (Å²) in [5.41, 5.74) is 8.58. The van der Waals surface area contributed by atoms with E-state index in [2.05, 4.69) is 5.16 Å². The van der Waals surface area contributed by atoms with E-state index in [1.807, 2.05) is 32.0 Å². The van der Waals surface area contributed by atoms with E-state index >= 15 is 0 Å². The van der Waals surface area contributed by atoms with Crippen LogP contribution in [0.2, 0.25) is 0 Å². The smallest absolute Gasteiger partial charge is 0.167 e. The van der Waals surface area contributed by atoms with Gasteiger partial charge in [-0.25, -0.2) is 0 Å². The Labute approximate surface area is 88.7 Å². The number of nitrogens with zero attached hydrogens (tertiary/aromatic N) is 1. The van der Waals surface area contributed by atoms with Gasteiger partial charge in [-0.2, -0.15) is 0 Å². The lowest BCUT2D eigenvalue weighted by atomic mass is 10.1. The molecule has 0 radical (unpaired) electrons. The molecule has 0 saturated heterocycles. The molecule has 2 aromatic rings. The van der Waals surface area contributed by atoms with Gasteiger partial charge in [-0.15, -0.1) is 12.4 Å². The molecule has 0 fully saturated rings. The minimum absolute atomic E-state index is 0. The molecule has 0 aliphatic carbocycles. The van der Waals surface area contributed by atoms with Crippen LogP contribution in [0.4, 0.5) is 0 Å². The van der Waals surface area contributed by atoms with Gasteiger partial charge in [0.15, 0.2) is 5.58 Å². The second-order valence-electron chi connectivity index (χ2n) is 3.36. The average Bonchev–Trinajstić information content (AvgIpc) is 2.46. The zero-order valence-electron chi connectivity index (χ0n) is 8.15. The maximum atomic E-state index is 5.75. The molecule has 0 saturated carbocycles. The number of rotatable bonds is 1. The third kappa shape index (κ3) is 1.74. The van der Waals surface area contributed by atoms with E-state index in [9.17, 15) is 0 Å². The van der Waals surface area contributed by atoms with Crippen LogP contribution in [-0.2, 0) is 0 Å². The van der Waals surface area contributed by atoms with Gasteiger partial charge in [-0.3, -0.25) is 0 Å². The summed E-state index contributed by atoms with van der Waals surface area (Å²) in [5.74, 6) is 0. The Kier molecular flexibility index (Phi) is 3.13. The van der Waals surface area contributed by atoms with Crippen molar-refractivity contribution in [2.24, 2.45) is 5.73 Å². The van der Waals surface area contributed by atoms with E-state index in [1.165, 1.54) is 5.56 Å². The Morgan fingerprint density at radius 2 is 2.14 bits per heavy atom. The number of hydrogen-bond donors (Lipinski definition) is 1. The number of benzene rings is 1. The van der Waals surface area contributed by atoms with Crippen LogP contribution in [0.25, 0.3) is 11.0 Å². The van der Waals surface area contributed by atoms with Crippen molar-refractivity contribution in [1.29, 1.82) is 0 Å². The molecule has 0 bridgehead atoms. The van der Waals surface area contributed by atoms with Crippen molar-refractivity contribution in [3.63, 3.8) is 0 Å². The van der Waals surface area contributed by atoms with E-state index in [1.54, 1.807) is 0 Å². The van der Waals surface area contributed by atoms with E-state index in [-0.39, 0.29) is 18.4 Å². The van der Waals surface area contributed by atoms with Crippen LogP contribution in [-0.4, -0.2) is 5.16 Å². The molecule has 1 aromatic heterocycles. The molecule has 0 aliphatic heterocycles. The van der Waals surface area contributed by atoms with Gasteiger partial charge in [0.1, 0.15) is 5.69 Å². The van der Waals surface area contributed by atoms with Gasteiger partial charge in [-0.05, 0) is 26.0 Å². The first-order chi connectivity index (χ1) is 6.18. The van der Waals surface area contributed by atoms with Gasteiger partial charge in [-0.1, -0.05) is 16.8 Å². The lowest BCUT2D eigenvalue weighted by molar-refractivity contribution is 0.440. The van der Waals surface area contributed by atoms with Crippen LogP contribution in [0.3, 0.4) is 0 Å². The molecule has 0 aliphatic rings. The fourth-order valence-corrected chi connectivity index (χ4v) is 1.40. The van der Waals surface area contributed by atoms with Gasteiger partial charge >= 0.3 is 0 Å². The van der Waals surface area contributed by atoms with Gasteiger partial charge in [0, 0.05) is 11.4 Å². The summed E-state index contributed by atoms with van der Waals surface area (Å²) in [5, 5.41) is 4.96. The minimum Gasteiger partial charge on any atom is -0.356 e. The van der Waals surface area contributed by atoms with Gasteiger partial charge in [0.2, 0.25) is 0 Å². The molecule has 1 aromatic carbocycles. The summed E-state index contributed by atoms with van der Waals surface area (Å²) in [6.07, 6.45) is 0. The predicted molar refractivity (Wildman–Crippen MR) is 58.6 cm³/mol. The standard InChI is InChI=1S/C10H12N2O.ClH/c1-6-3-4-9-8(5-6)10(7(2)11)12-13-9;/h3-5,7H,11H2,1-2H3;1H. The van der Waals surface area contributed by atoms with Crippen molar-refractivity contribution in [2.45, 2.75) is 19.9 Å². The van der Waals surface area contributed by atoms with Crippen LogP contribution >= 0.6 is 12.4 Å². The molecular formula is C10H13ClN2O. The molecular weight excluding hydrogens is 200 g/mol. The number of aryl methyl sites for hydroxylation is 1. The lowest BCUT2D eigenvalue weighted by Gasteiger charge is -1.98. The molecule has 14 heavy (non-hydrogen) atoms. The molecule has 3 nitrogen and oxygen atoms in total. The van der Waals surface area contributed by atoms with Gasteiger partial charge < -0.3 is 10.3 Å². The van der Waals surface area contributed by atoms with Crippen LogP contribution in [0.5, 0.6) is 0 Å². The van der Waals surface area contributed by atoms with E-state index in [0.29, 0.717) is 0 Å². The highest BCUT2D eigenvalue weighted by atomic mass is 35.5. The number of aromatic nitrogens is 1. The monoisotopic (exact) mass is 212 g/mol. The molecule has 2 rings (SSSR count). The lowest BCUT2D eigenvalue weighted by Crippen LogP contribution is -2.05. The average molecular weight is 213 g/mol. The molecule has 1 atom stereocenters. The Morgan fingerprint density at radius 1 is 1.43 bits per heavy atom. The Hall–Kier alpha value is -1.06. The fourth-order valence-electron chi connectivity index (χ4n) is 1.40. The molecule has 0 amide bonds. The first-order valence-corrected chi connectivity index (χ1v) is 4.30. The van der Waals surface area contributed by atoms with Crippen molar-refractivity contribution in [3.8, 4) is 0 Å². The summed E-state index contributed by atoms with van der Waals surface area (Å²) in [7, 11) is 0. The van der Waals surface area contributed by atoms with E-state index in [0.717, 1.165) is 16.7 Å². The normalized spacial score (nSPS) is 12.5. The van der Waals surface area contributed by atoms with Crippen LogP contribution < -0.4 is 5.73 Å². The molecule has 2 N–H and O–H groups in total. The van der Waals surface area contributed by atoms with Gasteiger partial charge in [0.05, 0.1) is 0 Å². The van der Waals surface area contributed by atoms with Gasteiger partial charge in [0.25, 0.3) is 0 Å². The van der Waals surface area contributed by atoms with Crippen molar-refractivity contribution < 1.29 is 4.52 Å². The topological polar surface area (TPSA) is 52.0 Å². The zero-order chi connectivity index (χ0) is 9.42. The maximum absolute atomic E-state index is 5.75. The maximum Gasteiger partial charge on any atom is 0.167 e. The van der Waals surface area contributed by atoms with Crippen LogP contribution in [0.1, 0.15) is 24.2 Å². The number of halogens is 1. The highest BCUT2D eigenvalue weighted by Gasteiger charge is 2.10. The van der Waals surface area contributed by atoms with Crippen molar-refractivity contribution in [1.82, 2.24) is 5.16 Å². The van der Waals surface area contributed by atoms with E-state index in [4.69, 9.17) is 10.3 Å². The molecule has 0 spiro atoms. The second kappa shape index (κ2) is 3.98. The number of hydrogen-bond acceptors (Lipinski definition) is 3. The minimum atomic E-state index is -0.0805. The highest BCUT2D eigenvalue weighted by molar-refractivity contribution is 5.85. The Morgan fingerprint density at radius 3 is 2.79 bits per heavy atom. The summed E-state index contributed by atoms with van der Waals surface area (Å²) in [6, 6.07) is 5.88. The summed E-state index contributed by atoms with van der Waals surface area (Å²) in [4.78, 5) is 0. The number of nitrogens with two attached hydrogens (primary N) is 1. The van der Waals surface area contributed by atoms with Crippen molar-refractivity contribution in [3.05, 3.63) is 29.5 Å². The molecule has 1 unspecified atom stereocenters. The van der Waals surface area contributed by atoms with E-state index < -0.39 is 0 Å². The molecule has 1 heterocycles. The first kappa shape index (κ1) is 11.0. The third-order valence-corrected chi connectivity index (χ3v) is 2.08. The van der Waals surface area contributed by atoms with Crippen LogP contribution in [0.15, 0.2) is 22.7 Å². The Balaban J connectivity index is 0.000000980. The second-order valence-corrected chi connectivity index (χ2v) is 3.36. The fraction of sp³-hybridized carbons (Fsp3) is 0.300. The molecule has 76 valence electrons. The SMILES string of the molecule is Cc1ccc2onc(C(C)N)c2c1.Cl. The van der Waals surface area contributed by atoms with Crippen molar-refractivity contribution >= 4 is 23.4 Å².